The fraction of sp³-hybridized carbons (Fsp3) is 0.333. The lowest BCUT2D eigenvalue weighted by Crippen LogP contribution is -2.28. The molecule has 2 amide bonds. The molecule has 1 unspecified atom stereocenters. The third kappa shape index (κ3) is 4.61. The second-order valence-electron chi connectivity index (χ2n) is 7.02. The van der Waals surface area contributed by atoms with Crippen LogP contribution < -0.4 is 15.0 Å². The molecule has 0 aliphatic carbocycles. The molecule has 1 heterocycles. The van der Waals surface area contributed by atoms with Gasteiger partial charge in [0, 0.05) is 29.4 Å². The zero-order valence-corrected chi connectivity index (χ0v) is 16.4. The van der Waals surface area contributed by atoms with Crippen LogP contribution in [-0.4, -0.2) is 24.5 Å². The summed E-state index contributed by atoms with van der Waals surface area (Å²) in [6.07, 6.45) is 0.292. The van der Waals surface area contributed by atoms with Crippen LogP contribution >= 0.6 is 11.6 Å². The molecule has 142 valence electrons. The highest BCUT2D eigenvalue weighted by atomic mass is 35.5. The number of carbonyl (C=O) groups is 2. The molecule has 1 aliphatic rings. The summed E-state index contributed by atoms with van der Waals surface area (Å²) >= 11 is 5.99. The first-order valence-electron chi connectivity index (χ1n) is 8.97. The minimum Gasteiger partial charge on any atom is -0.491 e. The summed E-state index contributed by atoms with van der Waals surface area (Å²) in [6, 6.07) is 12.6. The molecule has 0 saturated carbocycles. The molecule has 5 nitrogen and oxygen atoms in total. The number of rotatable bonds is 5. The summed E-state index contributed by atoms with van der Waals surface area (Å²) < 4.78 is 5.60. The van der Waals surface area contributed by atoms with E-state index < -0.39 is 0 Å². The number of hydrogen-bond acceptors (Lipinski definition) is 3. The molecule has 2 aromatic carbocycles. The average molecular weight is 387 g/mol. The quantitative estimate of drug-likeness (QED) is 0.827. The van der Waals surface area contributed by atoms with E-state index in [1.807, 2.05) is 45.0 Å². The molecule has 2 aromatic rings. The summed E-state index contributed by atoms with van der Waals surface area (Å²) in [6.45, 7) is 6.19. The highest BCUT2D eigenvalue weighted by molar-refractivity contribution is 6.30. The lowest BCUT2D eigenvalue weighted by Gasteiger charge is -2.19. The van der Waals surface area contributed by atoms with Crippen LogP contribution in [0.3, 0.4) is 0 Å². The molecule has 1 fully saturated rings. The largest absolute Gasteiger partial charge is 0.491 e. The summed E-state index contributed by atoms with van der Waals surface area (Å²) in [5.41, 5.74) is 2.40. The molecule has 1 aliphatic heterocycles. The number of anilines is 2. The van der Waals surface area contributed by atoms with Gasteiger partial charge in [0.2, 0.25) is 11.8 Å². The summed E-state index contributed by atoms with van der Waals surface area (Å²) in [5, 5.41) is 3.51. The van der Waals surface area contributed by atoms with Crippen LogP contribution in [0, 0.1) is 12.8 Å². The number of aryl methyl sites for hydroxylation is 1. The maximum absolute atomic E-state index is 12.6. The second kappa shape index (κ2) is 8.01. The summed E-state index contributed by atoms with van der Waals surface area (Å²) in [7, 11) is 0. The van der Waals surface area contributed by atoms with Gasteiger partial charge < -0.3 is 15.0 Å². The van der Waals surface area contributed by atoms with E-state index in [2.05, 4.69) is 5.32 Å². The van der Waals surface area contributed by atoms with Crippen LogP contribution in [-0.2, 0) is 9.59 Å². The van der Waals surface area contributed by atoms with E-state index >= 15 is 0 Å². The third-order valence-electron chi connectivity index (χ3n) is 4.44. The Labute approximate surface area is 164 Å². The molecule has 0 spiro atoms. The summed E-state index contributed by atoms with van der Waals surface area (Å²) in [4.78, 5) is 26.7. The lowest BCUT2D eigenvalue weighted by atomic mass is 10.1. The molecular weight excluding hydrogens is 364 g/mol. The SMILES string of the molecule is Cc1cc(Cl)ccc1N1CC(C(=O)Nc2ccc(OC(C)C)cc2)CC1=O. The summed E-state index contributed by atoms with van der Waals surface area (Å²) in [5.74, 6) is 0.152. The van der Waals surface area contributed by atoms with Crippen molar-refractivity contribution in [2.75, 3.05) is 16.8 Å². The van der Waals surface area contributed by atoms with Gasteiger partial charge in [0.05, 0.1) is 12.0 Å². The van der Waals surface area contributed by atoms with Crippen molar-refractivity contribution in [2.45, 2.75) is 33.3 Å². The van der Waals surface area contributed by atoms with E-state index in [4.69, 9.17) is 16.3 Å². The third-order valence-corrected chi connectivity index (χ3v) is 4.67. The van der Waals surface area contributed by atoms with E-state index in [1.54, 1.807) is 23.1 Å². The van der Waals surface area contributed by atoms with Gasteiger partial charge in [-0.15, -0.1) is 0 Å². The van der Waals surface area contributed by atoms with Gasteiger partial charge in [-0.25, -0.2) is 0 Å². The van der Waals surface area contributed by atoms with E-state index in [1.165, 1.54) is 0 Å². The number of nitrogens with one attached hydrogen (secondary N) is 1. The molecule has 0 bridgehead atoms. The lowest BCUT2D eigenvalue weighted by molar-refractivity contribution is -0.122. The predicted octanol–water partition coefficient (Wildman–Crippen LogP) is 4.43. The first-order chi connectivity index (χ1) is 12.8. The number of benzene rings is 2. The maximum Gasteiger partial charge on any atom is 0.229 e. The first-order valence-corrected chi connectivity index (χ1v) is 9.35. The Morgan fingerprint density at radius 1 is 1.22 bits per heavy atom. The van der Waals surface area contributed by atoms with Crippen molar-refractivity contribution in [1.29, 1.82) is 0 Å². The van der Waals surface area contributed by atoms with Gasteiger partial charge in [-0.1, -0.05) is 11.6 Å². The minimum absolute atomic E-state index is 0.0544. The molecule has 0 radical (unpaired) electrons. The monoisotopic (exact) mass is 386 g/mol. The van der Waals surface area contributed by atoms with Gasteiger partial charge in [-0.3, -0.25) is 9.59 Å². The molecule has 27 heavy (non-hydrogen) atoms. The van der Waals surface area contributed by atoms with Crippen molar-refractivity contribution in [3.05, 3.63) is 53.1 Å². The smallest absolute Gasteiger partial charge is 0.229 e. The molecule has 0 aromatic heterocycles. The maximum atomic E-state index is 12.6. The van der Waals surface area contributed by atoms with Crippen molar-refractivity contribution in [3.8, 4) is 5.75 Å². The average Bonchev–Trinajstić information content (AvgIpc) is 2.98. The number of hydrogen-bond donors (Lipinski definition) is 1. The Kier molecular flexibility index (Phi) is 5.71. The highest BCUT2D eigenvalue weighted by Crippen LogP contribution is 2.30. The molecule has 1 saturated heterocycles. The second-order valence-corrected chi connectivity index (χ2v) is 7.45. The van der Waals surface area contributed by atoms with Gasteiger partial charge in [0.15, 0.2) is 0 Å². The standard InChI is InChI=1S/C21H23ClN2O3/c1-13(2)27-18-7-5-17(6-8-18)23-21(26)15-11-20(25)24(12-15)19-9-4-16(22)10-14(19)3/h4-10,13,15H,11-12H2,1-3H3,(H,23,26). The Morgan fingerprint density at radius 3 is 2.56 bits per heavy atom. The van der Waals surface area contributed by atoms with Gasteiger partial charge >= 0.3 is 0 Å². The fourth-order valence-corrected chi connectivity index (χ4v) is 3.40. The van der Waals surface area contributed by atoms with Crippen molar-refractivity contribution >= 4 is 34.8 Å². The number of halogens is 1. The van der Waals surface area contributed by atoms with Crippen LogP contribution in [0.15, 0.2) is 42.5 Å². The van der Waals surface area contributed by atoms with Crippen LogP contribution in [0.1, 0.15) is 25.8 Å². The Balaban J connectivity index is 1.65. The topological polar surface area (TPSA) is 58.6 Å². The Morgan fingerprint density at radius 2 is 1.93 bits per heavy atom. The first kappa shape index (κ1) is 19.2. The van der Waals surface area contributed by atoms with Crippen molar-refractivity contribution in [1.82, 2.24) is 0 Å². The van der Waals surface area contributed by atoms with Crippen LogP contribution in [0.5, 0.6) is 5.75 Å². The van der Waals surface area contributed by atoms with Crippen LogP contribution in [0.2, 0.25) is 5.02 Å². The van der Waals surface area contributed by atoms with E-state index in [0.717, 1.165) is 17.0 Å². The normalized spacial score (nSPS) is 16.7. The molecule has 3 rings (SSSR count). The Bertz CT molecular complexity index is 849. The van der Waals surface area contributed by atoms with Gasteiger partial charge in [-0.2, -0.15) is 0 Å². The van der Waals surface area contributed by atoms with Crippen molar-refractivity contribution in [3.63, 3.8) is 0 Å². The van der Waals surface area contributed by atoms with Crippen LogP contribution in [0.4, 0.5) is 11.4 Å². The van der Waals surface area contributed by atoms with Gasteiger partial charge in [0.1, 0.15) is 5.75 Å². The molecular formula is C21H23ClN2O3. The number of carbonyl (C=O) groups excluding carboxylic acids is 2. The number of amides is 2. The van der Waals surface area contributed by atoms with Crippen molar-refractivity contribution in [2.24, 2.45) is 5.92 Å². The fourth-order valence-electron chi connectivity index (χ4n) is 3.17. The number of nitrogens with zero attached hydrogens (tertiary/aromatic N) is 1. The van der Waals surface area contributed by atoms with Gasteiger partial charge in [-0.05, 0) is 68.8 Å². The zero-order valence-electron chi connectivity index (χ0n) is 15.7. The van der Waals surface area contributed by atoms with E-state index in [0.29, 0.717) is 17.3 Å². The predicted molar refractivity (Wildman–Crippen MR) is 107 cm³/mol. The van der Waals surface area contributed by atoms with Crippen LogP contribution in [0.25, 0.3) is 0 Å². The molecule has 6 heteroatoms. The van der Waals surface area contributed by atoms with E-state index in [-0.39, 0.29) is 30.3 Å². The minimum atomic E-state index is -0.390. The molecule has 1 N–H and O–H groups in total. The highest BCUT2D eigenvalue weighted by Gasteiger charge is 2.35. The molecule has 1 atom stereocenters. The van der Waals surface area contributed by atoms with E-state index in [9.17, 15) is 9.59 Å². The Hall–Kier alpha value is -2.53. The van der Waals surface area contributed by atoms with Crippen molar-refractivity contribution < 1.29 is 14.3 Å². The van der Waals surface area contributed by atoms with Gasteiger partial charge in [0.25, 0.3) is 0 Å². The zero-order chi connectivity index (χ0) is 19.6. The number of ether oxygens (including phenoxy) is 1.